The summed E-state index contributed by atoms with van der Waals surface area (Å²) >= 11 is 9.95. The molecule has 1 aromatic carbocycles. The maximum atomic E-state index is 12.9. The van der Waals surface area contributed by atoms with Crippen LogP contribution in [0.25, 0.3) is 0 Å². The van der Waals surface area contributed by atoms with Gasteiger partial charge in [0.05, 0.1) is 5.02 Å². The van der Waals surface area contributed by atoms with Crippen molar-refractivity contribution in [2.75, 3.05) is 19.8 Å². The Morgan fingerprint density at radius 2 is 2.14 bits per heavy atom. The number of hydrogen-bond acceptors (Lipinski definition) is 2. The van der Waals surface area contributed by atoms with Crippen molar-refractivity contribution < 1.29 is 4.39 Å². The van der Waals surface area contributed by atoms with Crippen LogP contribution < -0.4 is 0 Å². The molecule has 1 rings (SSSR count). The van der Waals surface area contributed by atoms with Crippen LogP contribution in [0.4, 0.5) is 4.39 Å². The highest BCUT2D eigenvalue weighted by atomic mass is 35.5. The molecule has 0 aliphatic heterocycles. The summed E-state index contributed by atoms with van der Waals surface area (Å²) in [7, 11) is 3.91. The zero-order valence-corrected chi connectivity index (χ0v) is 9.82. The maximum Gasteiger partial charge on any atom is 0.141 e. The summed E-state index contributed by atoms with van der Waals surface area (Å²) < 4.78 is 12.9. The number of benzene rings is 1. The van der Waals surface area contributed by atoms with Gasteiger partial charge in [-0.2, -0.15) is 12.6 Å². The molecule has 0 radical (unpaired) electrons. The molecule has 0 bridgehead atoms. The van der Waals surface area contributed by atoms with Crippen LogP contribution in [-0.4, -0.2) is 24.7 Å². The third kappa shape index (κ3) is 2.62. The molecule has 0 aliphatic carbocycles. The fourth-order valence-corrected chi connectivity index (χ4v) is 2.01. The fraction of sp³-hybridized carbons (Fsp3) is 0.400. The van der Waals surface area contributed by atoms with Crippen LogP contribution >= 0.6 is 24.2 Å². The molecule has 0 saturated carbocycles. The molecule has 0 spiro atoms. The molecule has 0 aromatic heterocycles. The Morgan fingerprint density at radius 3 is 2.57 bits per heavy atom. The van der Waals surface area contributed by atoms with E-state index >= 15 is 0 Å². The number of hydrogen-bond donors (Lipinski definition) is 1. The predicted molar refractivity (Wildman–Crippen MR) is 61.7 cm³/mol. The second kappa shape index (κ2) is 5.01. The lowest BCUT2D eigenvalue weighted by Gasteiger charge is -2.22. The summed E-state index contributed by atoms with van der Waals surface area (Å²) in [5.74, 6) is 0.293. The molecule has 1 atom stereocenters. The standard InChI is InChI=1S/C10H13ClFNS/c1-13(2)10(6-14)7-3-4-9(12)8(11)5-7/h3-5,10,14H,6H2,1-2H3. The van der Waals surface area contributed by atoms with E-state index in [1.165, 1.54) is 6.07 Å². The van der Waals surface area contributed by atoms with E-state index in [9.17, 15) is 4.39 Å². The quantitative estimate of drug-likeness (QED) is 0.786. The summed E-state index contributed by atoms with van der Waals surface area (Å²) in [6, 6.07) is 4.94. The molecule has 0 fully saturated rings. The van der Waals surface area contributed by atoms with Crippen molar-refractivity contribution in [3.8, 4) is 0 Å². The van der Waals surface area contributed by atoms with Crippen molar-refractivity contribution in [3.63, 3.8) is 0 Å². The summed E-state index contributed by atoms with van der Waals surface area (Å²) in [5.41, 5.74) is 0.983. The van der Waals surface area contributed by atoms with Gasteiger partial charge in [-0.3, -0.25) is 0 Å². The minimum absolute atomic E-state index is 0.163. The first kappa shape index (κ1) is 11.8. The van der Waals surface area contributed by atoms with Crippen molar-refractivity contribution >= 4 is 24.2 Å². The van der Waals surface area contributed by atoms with Gasteiger partial charge in [0.1, 0.15) is 5.82 Å². The Hall–Kier alpha value is -0.250. The maximum absolute atomic E-state index is 12.9. The molecule has 1 aromatic rings. The molecule has 0 heterocycles. The minimum Gasteiger partial charge on any atom is -0.302 e. The Labute approximate surface area is 94.3 Å². The van der Waals surface area contributed by atoms with E-state index in [4.69, 9.17) is 11.6 Å². The Morgan fingerprint density at radius 1 is 1.50 bits per heavy atom. The summed E-state index contributed by atoms with van der Waals surface area (Å²) in [5, 5.41) is 0.163. The average Bonchev–Trinajstić information content (AvgIpc) is 2.11. The summed E-state index contributed by atoms with van der Waals surface area (Å²) in [4.78, 5) is 2.02. The Kier molecular flexibility index (Phi) is 4.23. The first-order chi connectivity index (χ1) is 6.56. The topological polar surface area (TPSA) is 3.24 Å². The molecule has 0 aliphatic rings. The zero-order chi connectivity index (χ0) is 10.7. The van der Waals surface area contributed by atoms with Crippen LogP contribution in [0.5, 0.6) is 0 Å². The van der Waals surface area contributed by atoms with Crippen molar-refractivity contribution in [2.45, 2.75) is 6.04 Å². The van der Waals surface area contributed by atoms with Crippen LogP contribution in [0.15, 0.2) is 18.2 Å². The lowest BCUT2D eigenvalue weighted by Crippen LogP contribution is -2.21. The van der Waals surface area contributed by atoms with Crippen LogP contribution in [0, 0.1) is 5.82 Å². The van der Waals surface area contributed by atoms with Crippen molar-refractivity contribution in [1.82, 2.24) is 4.90 Å². The highest BCUT2D eigenvalue weighted by Crippen LogP contribution is 2.24. The summed E-state index contributed by atoms with van der Waals surface area (Å²) in [6.07, 6.45) is 0. The van der Waals surface area contributed by atoms with Gasteiger partial charge in [0.25, 0.3) is 0 Å². The van der Waals surface area contributed by atoms with Gasteiger partial charge in [0.2, 0.25) is 0 Å². The molecule has 14 heavy (non-hydrogen) atoms. The first-order valence-electron chi connectivity index (χ1n) is 4.28. The average molecular weight is 234 g/mol. The molecule has 0 amide bonds. The summed E-state index contributed by atoms with van der Waals surface area (Å²) in [6.45, 7) is 0. The van der Waals surface area contributed by atoms with E-state index in [0.29, 0.717) is 5.75 Å². The van der Waals surface area contributed by atoms with Crippen molar-refractivity contribution in [3.05, 3.63) is 34.6 Å². The Balaban J connectivity index is 3.00. The lowest BCUT2D eigenvalue weighted by molar-refractivity contribution is 0.326. The largest absolute Gasteiger partial charge is 0.302 e. The van der Waals surface area contributed by atoms with Crippen LogP contribution in [0.2, 0.25) is 5.02 Å². The smallest absolute Gasteiger partial charge is 0.141 e. The zero-order valence-electron chi connectivity index (χ0n) is 8.17. The number of halogens is 2. The van der Waals surface area contributed by atoms with Gasteiger partial charge in [0.15, 0.2) is 0 Å². The molecule has 1 nitrogen and oxygen atoms in total. The lowest BCUT2D eigenvalue weighted by atomic mass is 10.1. The van der Waals surface area contributed by atoms with Crippen LogP contribution in [0.3, 0.4) is 0 Å². The third-order valence-corrected chi connectivity index (χ3v) is 2.76. The first-order valence-corrected chi connectivity index (χ1v) is 5.29. The highest BCUT2D eigenvalue weighted by molar-refractivity contribution is 7.80. The molecule has 1 unspecified atom stereocenters. The van der Waals surface area contributed by atoms with E-state index in [1.807, 2.05) is 19.0 Å². The van der Waals surface area contributed by atoms with E-state index in [2.05, 4.69) is 12.6 Å². The number of thiol groups is 1. The van der Waals surface area contributed by atoms with Gasteiger partial charge in [-0.1, -0.05) is 17.7 Å². The molecule has 4 heteroatoms. The predicted octanol–water partition coefficient (Wildman–Crippen LogP) is 3.01. The van der Waals surface area contributed by atoms with E-state index < -0.39 is 0 Å². The highest BCUT2D eigenvalue weighted by Gasteiger charge is 2.13. The van der Waals surface area contributed by atoms with Crippen LogP contribution in [-0.2, 0) is 0 Å². The minimum atomic E-state index is -0.382. The second-order valence-electron chi connectivity index (χ2n) is 3.34. The monoisotopic (exact) mass is 233 g/mol. The van der Waals surface area contributed by atoms with E-state index in [1.54, 1.807) is 12.1 Å². The normalized spacial score (nSPS) is 13.3. The van der Waals surface area contributed by atoms with Crippen molar-refractivity contribution in [1.29, 1.82) is 0 Å². The van der Waals surface area contributed by atoms with Gasteiger partial charge in [-0.05, 0) is 31.8 Å². The molecule has 0 N–H and O–H groups in total. The second-order valence-corrected chi connectivity index (χ2v) is 4.11. The molecule has 78 valence electrons. The molecular formula is C10H13ClFNS. The molecular weight excluding hydrogens is 221 g/mol. The number of rotatable bonds is 3. The van der Waals surface area contributed by atoms with E-state index in [-0.39, 0.29) is 16.9 Å². The van der Waals surface area contributed by atoms with E-state index in [0.717, 1.165) is 5.56 Å². The third-order valence-electron chi connectivity index (χ3n) is 2.12. The Bertz CT molecular complexity index is 317. The van der Waals surface area contributed by atoms with Gasteiger partial charge in [-0.15, -0.1) is 0 Å². The van der Waals surface area contributed by atoms with Gasteiger partial charge in [-0.25, -0.2) is 4.39 Å². The fourth-order valence-electron chi connectivity index (χ4n) is 1.29. The van der Waals surface area contributed by atoms with Gasteiger partial charge < -0.3 is 4.90 Å². The van der Waals surface area contributed by atoms with Gasteiger partial charge >= 0.3 is 0 Å². The number of nitrogens with zero attached hydrogens (tertiary/aromatic N) is 1. The van der Waals surface area contributed by atoms with Crippen LogP contribution in [0.1, 0.15) is 11.6 Å². The SMILES string of the molecule is CN(C)C(CS)c1ccc(F)c(Cl)c1. The van der Waals surface area contributed by atoms with Gasteiger partial charge in [0, 0.05) is 11.8 Å². The molecule has 0 saturated heterocycles. The van der Waals surface area contributed by atoms with Crippen molar-refractivity contribution in [2.24, 2.45) is 0 Å².